The fourth-order valence-corrected chi connectivity index (χ4v) is 3.24. The zero-order valence-electron chi connectivity index (χ0n) is 14.8. The van der Waals surface area contributed by atoms with Crippen LogP contribution in [-0.4, -0.2) is 60.7 Å². The minimum atomic E-state index is -0.386. The van der Waals surface area contributed by atoms with E-state index in [1.807, 2.05) is 20.9 Å². The van der Waals surface area contributed by atoms with Gasteiger partial charge in [0.25, 0.3) is 5.91 Å². The van der Waals surface area contributed by atoms with Crippen molar-refractivity contribution < 1.29 is 14.1 Å². The highest BCUT2D eigenvalue weighted by Gasteiger charge is 2.33. The summed E-state index contributed by atoms with van der Waals surface area (Å²) < 4.78 is 12.1. The lowest BCUT2D eigenvalue weighted by Crippen LogP contribution is -2.44. The summed E-state index contributed by atoms with van der Waals surface area (Å²) in [5.74, 6) is 0.248. The maximum Gasteiger partial charge on any atom is 0.272 e. The van der Waals surface area contributed by atoms with Gasteiger partial charge in [0.05, 0.1) is 24.6 Å². The summed E-state index contributed by atoms with van der Waals surface area (Å²) in [6, 6.07) is 1.37. The number of aromatic amines is 1. The summed E-state index contributed by atoms with van der Waals surface area (Å²) in [5, 5.41) is 15.4. The molecule has 1 aliphatic heterocycles. The number of carbonyl (C=O) groups is 1. The second-order valence-electron chi connectivity index (χ2n) is 6.21. The van der Waals surface area contributed by atoms with Crippen LogP contribution in [0.25, 0.3) is 11.3 Å². The Hall–Kier alpha value is -3.01. The van der Waals surface area contributed by atoms with Crippen molar-refractivity contribution in [1.29, 1.82) is 0 Å². The number of hydrogen-bond acceptors (Lipinski definition) is 7. The van der Waals surface area contributed by atoms with E-state index in [1.165, 1.54) is 6.39 Å². The first kappa shape index (κ1) is 16.5. The van der Waals surface area contributed by atoms with E-state index in [4.69, 9.17) is 9.26 Å². The Balaban J connectivity index is 1.63. The van der Waals surface area contributed by atoms with Gasteiger partial charge in [0.2, 0.25) is 6.39 Å². The fourth-order valence-electron chi connectivity index (χ4n) is 3.24. The summed E-state index contributed by atoms with van der Waals surface area (Å²) >= 11 is 0. The van der Waals surface area contributed by atoms with E-state index in [0.29, 0.717) is 37.0 Å². The van der Waals surface area contributed by atoms with E-state index in [-0.39, 0.29) is 11.9 Å². The lowest BCUT2D eigenvalue weighted by molar-refractivity contribution is -0.00607. The van der Waals surface area contributed by atoms with E-state index in [1.54, 1.807) is 15.6 Å². The lowest BCUT2D eigenvalue weighted by Gasteiger charge is -2.33. The monoisotopic (exact) mass is 357 g/mol. The van der Waals surface area contributed by atoms with Crippen molar-refractivity contribution in [1.82, 2.24) is 35.0 Å². The Labute approximate surface area is 149 Å². The van der Waals surface area contributed by atoms with Gasteiger partial charge in [0, 0.05) is 24.8 Å². The number of morpholine rings is 1. The molecule has 3 aromatic heterocycles. The van der Waals surface area contributed by atoms with E-state index < -0.39 is 0 Å². The molecule has 1 fully saturated rings. The van der Waals surface area contributed by atoms with Gasteiger partial charge in [-0.25, -0.2) is 0 Å². The number of nitrogens with zero attached hydrogens (tertiary/aromatic N) is 6. The number of aryl methyl sites for hydroxylation is 2. The van der Waals surface area contributed by atoms with Gasteiger partial charge in [0.1, 0.15) is 11.7 Å². The number of carbonyl (C=O) groups excluding carboxylic acids is 1. The number of H-pyrrole nitrogens is 1. The van der Waals surface area contributed by atoms with E-state index >= 15 is 0 Å². The Bertz CT molecular complexity index is 928. The number of hydrogen-bond donors (Lipinski definition) is 1. The topological polar surface area (TPSA) is 115 Å². The van der Waals surface area contributed by atoms with Gasteiger partial charge in [-0.1, -0.05) is 5.16 Å². The van der Waals surface area contributed by atoms with Crippen molar-refractivity contribution >= 4 is 5.91 Å². The van der Waals surface area contributed by atoms with E-state index in [0.717, 1.165) is 17.0 Å². The molecule has 0 spiro atoms. The Kier molecular flexibility index (Phi) is 4.03. The van der Waals surface area contributed by atoms with Crippen LogP contribution in [0.5, 0.6) is 0 Å². The van der Waals surface area contributed by atoms with Gasteiger partial charge >= 0.3 is 0 Å². The van der Waals surface area contributed by atoms with Crippen LogP contribution in [0, 0.1) is 13.8 Å². The van der Waals surface area contributed by atoms with Crippen molar-refractivity contribution in [2.24, 2.45) is 7.05 Å². The van der Waals surface area contributed by atoms with Crippen LogP contribution in [0.3, 0.4) is 0 Å². The molecule has 1 amide bonds. The summed E-state index contributed by atoms with van der Waals surface area (Å²) in [6.45, 7) is 5.12. The second kappa shape index (κ2) is 6.37. The van der Waals surface area contributed by atoms with Crippen LogP contribution in [0.4, 0.5) is 0 Å². The maximum atomic E-state index is 13.0. The smallest absolute Gasteiger partial charge is 0.272 e. The van der Waals surface area contributed by atoms with Crippen molar-refractivity contribution in [2.45, 2.75) is 19.9 Å². The molecule has 1 aliphatic rings. The first-order chi connectivity index (χ1) is 12.6. The predicted octanol–water partition coefficient (Wildman–Crippen LogP) is 1.02. The molecular weight excluding hydrogens is 338 g/mol. The Morgan fingerprint density at radius 2 is 2.23 bits per heavy atom. The highest BCUT2D eigenvalue weighted by molar-refractivity contribution is 5.93. The molecule has 0 aliphatic carbocycles. The number of amides is 1. The third-order valence-corrected chi connectivity index (χ3v) is 4.64. The van der Waals surface area contributed by atoms with Crippen LogP contribution >= 0.6 is 0 Å². The maximum absolute atomic E-state index is 13.0. The molecule has 26 heavy (non-hydrogen) atoms. The molecule has 10 heteroatoms. The lowest BCUT2D eigenvalue weighted by atomic mass is 10.1. The Morgan fingerprint density at radius 1 is 1.38 bits per heavy atom. The van der Waals surface area contributed by atoms with Gasteiger partial charge in [-0.2, -0.15) is 15.2 Å². The zero-order valence-corrected chi connectivity index (χ0v) is 14.8. The number of nitrogens with one attached hydrogen (secondary N) is 1. The largest absolute Gasteiger partial charge is 0.377 e. The highest BCUT2D eigenvalue weighted by atomic mass is 16.5. The third-order valence-electron chi connectivity index (χ3n) is 4.64. The predicted molar refractivity (Wildman–Crippen MR) is 89.2 cm³/mol. The minimum Gasteiger partial charge on any atom is -0.377 e. The van der Waals surface area contributed by atoms with Crippen LogP contribution in [-0.2, 0) is 11.8 Å². The van der Waals surface area contributed by atoms with Gasteiger partial charge < -0.3 is 14.2 Å². The van der Waals surface area contributed by atoms with Crippen molar-refractivity contribution in [3.63, 3.8) is 0 Å². The average molecular weight is 357 g/mol. The van der Waals surface area contributed by atoms with Crippen LogP contribution < -0.4 is 0 Å². The van der Waals surface area contributed by atoms with Gasteiger partial charge in [0.15, 0.2) is 5.82 Å². The molecule has 4 rings (SSSR count). The molecule has 10 nitrogen and oxygen atoms in total. The molecule has 0 aromatic carbocycles. The molecule has 136 valence electrons. The summed E-state index contributed by atoms with van der Waals surface area (Å²) in [4.78, 5) is 18.7. The first-order valence-corrected chi connectivity index (χ1v) is 8.27. The molecule has 0 bridgehead atoms. The number of rotatable bonds is 3. The highest BCUT2D eigenvalue weighted by Crippen LogP contribution is 2.27. The van der Waals surface area contributed by atoms with Gasteiger partial charge in [-0.05, 0) is 19.9 Å². The van der Waals surface area contributed by atoms with Crippen molar-refractivity contribution in [2.75, 3.05) is 19.8 Å². The molecule has 1 saturated heterocycles. The van der Waals surface area contributed by atoms with Gasteiger partial charge in [-0.15, -0.1) is 0 Å². The molecule has 4 heterocycles. The van der Waals surface area contributed by atoms with E-state index in [2.05, 4.69) is 25.4 Å². The normalized spacial score (nSPS) is 17.7. The molecule has 0 radical (unpaired) electrons. The number of ether oxygens (including phenoxy) is 1. The second-order valence-corrected chi connectivity index (χ2v) is 6.21. The molecule has 1 atom stereocenters. The molecule has 3 aromatic rings. The summed E-state index contributed by atoms with van der Waals surface area (Å²) in [5.41, 5.74) is 3.88. The zero-order chi connectivity index (χ0) is 18.3. The first-order valence-electron chi connectivity index (χ1n) is 8.27. The SMILES string of the molecule is Cc1nn(C)c(C)c1-c1cc(C(=O)N2CCOCC2c2ncon2)[nH]n1. The molecule has 1 unspecified atom stereocenters. The fraction of sp³-hybridized carbons (Fsp3) is 0.438. The number of aromatic nitrogens is 6. The van der Waals surface area contributed by atoms with Crippen molar-refractivity contribution in [3.05, 3.63) is 35.4 Å². The summed E-state index contributed by atoms with van der Waals surface area (Å²) in [7, 11) is 1.88. The third kappa shape index (κ3) is 2.68. The Morgan fingerprint density at radius 3 is 2.92 bits per heavy atom. The van der Waals surface area contributed by atoms with Crippen molar-refractivity contribution in [3.8, 4) is 11.3 Å². The summed E-state index contributed by atoms with van der Waals surface area (Å²) in [6.07, 6.45) is 1.24. The van der Waals surface area contributed by atoms with Crippen LogP contribution in [0.1, 0.15) is 33.7 Å². The standard InChI is InChI=1S/C16H19N7O3/c1-9-14(10(2)22(3)20-9)11-6-12(19-18-11)16(24)23-4-5-25-7-13(23)15-17-8-26-21-15/h6,8,13H,4-5,7H2,1-3H3,(H,18,19). The van der Waals surface area contributed by atoms with Crippen LogP contribution in [0.2, 0.25) is 0 Å². The average Bonchev–Trinajstić information content (AvgIpc) is 3.37. The quantitative estimate of drug-likeness (QED) is 0.744. The van der Waals surface area contributed by atoms with E-state index in [9.17, 15) is 4.79 Å². The van der Waals surface area contributed by atoms with Crippen LogP contribution in [0.15, 0.2) is 17.0 Å². The molecule has 1 N–H and O–H groups in total. The molecular formula is C16H19N7O3. The van der Waals surface area contributed by atoms with Gasteiger partial charge in [-0.3, -0.25) is 14.6 Å². The minimum absolute atomic E-state index is 0.180. The molecule has 0 saturated carbocycles.